The standard InChI is InChI=1S/C13H12ClN3/c14-9-6-11(13(15)17-7-9)10-4-3-8-2-1-5-16-12(8)10/h1-2,5-7,10H,3-4H2,(H2,15,17). The summed E-state index contributed by atoms with van der Waals surface area (Å²) in [4.78, 5) is 8.58. The van der Waals surface area contributed by atoms with Crippen LogP contribution >= 0.6 is 11.6 Å². The first-order chi connectivity index (χ1) is 8.25. The fraction of sp³-hybridized carbons (Fsp3) is 0.231. The van der Waals surface area contributed by atoms with Crippen molar-refractivity contribution in [3.05, 3.63) is 52.4 Å². The van der Waals surface area contributed by atoms with E-state index >= 15 is 0 Å². The summed E-state index contributed by atoms with van der Waals surface area (Å²) < 4.78 is 0. The Morgan fingerprint density at radius 2 is 2.24 bits per heavy atom. The molecule has 0 saturated heterocycles. The van der Waals surface area contributed by atoms with E-state index < -0.39 is 0 Å². The van der Waals surface area contributed by atoms with Crippen molar-refractivity contribution in [2.45, 2.75) is 18.8 Å². The normalized spacial score (nSPS) is 18.1. The third-order valence-electron chi connectivity index (χ3n) is 3.25. The van der Waals surface area contributed by atoms with Gasteiger partial charge >= 0.3 is 0 Å². The maximum absolute atomic E-state index is 5.98. The number of aryl methyl sites for hydroxylation is 1. The summed E-state index contributed by atoms with van der Waals surface area (Å²) in [6.45, 7) is 0. The van der Waals surface area contributed by atoms with E-state index in [0.29, 0.717) is 10.8 Å². The minimum atomic E-state index is 0.234. The van der Waals surface area contributed by atoms with Crippen LogP contribution in [-0.4, -0.2) is 9.97 Å². The highest BCUT2D eigenvalue weighted by Crippen LogP contribution is 2.38. The first kappa shape index (κ1) is 10.5. The molecule has 1 unspecified atom stereocenters. The summed E-state index contributed by atoms with van der Waals surface area (Å²) in [5.41, 5.74) is 9.34. The lowest BCUT2D eigenvalue weighted by Gasteiger charge is -2.13. The fourth-order valence-corrected chi connectivity index (χ4v) is 2.63. The van der Waals surface area contributed by atoms with Gasteiger partial charge in [-0.3, -0.25) is 4.98 Å². The molecule has 0 saturated carbocycles. The number of hydrogen-bond donors (Lipinski definition) is 1. The Bertz CT molecular complexity index is 568. The maximum atomic E-state index is 5.98. The lowest BCUT2D eigenvalue weighted by atomic mass is 9.97. The maximum Gasteiger partial charge on any atom is 0.127 e. The second-order valence-electron chi connectivity index (χ2n) is 4.27. The van der Waals surface area contributed by atoms with E-state index in [1.54, 1.807) is 6.20 Å². The molecule has 0 bridgehead atoms. The predicted molar refractivity (Wildman–Crippen MR) is 68.1 cm³/mol. The van der Waals surface area contributed by atoms with Gasteiger partial charge in [-0.2, -0.15) is 0 Å². The van der Waals surface area contributed by atoms with Crippen molar-refractivity contribution in [1.82, 2.24) is 9.97 Å². The van der Waals surface area contributed by atoms with Crippen LogP contribution < -0.4 is 5.73 Å². The molecule has 0 aromatic carbocycles. The van der Waals surface area contributed by atoms with Crippen molar-refractivity contribution >= 4 is 17.4 Å². The van der Waals surface area contributed by atoms with Crippen LogP contribution in [0.2, 0.25) is 5.02 Å². The number of aromatic nitrogens is 2. The Morgan fingerprint density at radius 1 is 1.35 bits per heavy atom. The van der Waals surface area contributed by atoms with E-state index in [1.807, 2.05) is 18.3 Å². The van der Waals surface area contributed by atoms with Gasteiger partial charge < -0.3 is 5.73 Å². The zero-order chi connectivity index (χ0) is 11.8. The number of fused-ring (bicyclic) bond motifs is 1. The monoisotopic (exact) mass is 245 g/mol. The van der Waals surface area contributed by atoms with Crippen LogP contribution in [0.4, 0.5) is 5.82 Å². The number of rotatable bonds is 1. The molecule has 3 nitrogen and oxygen atoms in total. The molecule has 1 aliphatic rings. The molecule has 0 aliphatic heterocycles. The molecular formula is C13H12ClN3. The molecule has 17 heavy (non-hydrogen) atoms. The van der Waals surface area contributed by atoms with Crippen LogP contribution in [0.15, 0.2) is 30.6 Å². The minimum absolute atomic E-state index is 0.234. The summed E-state index contributed by atoms with van der Waals surface area (Å²) in [5.74, 6) is 0.787. The molecule has 2 heterocycles. The molecule has 2 N–H and O–H groups in total. The second kappa shape index (κ2) is 4.00. The fourth-order valence-electron chi connectivity index (χ4n) is 2.46. The number of pyridine rings is 2. The first-order valence-electron chi connectivity index (χ1n) is 5.60. The van der Waals surface area contributed by atoms with Crippen LogP contribution in [-0.2, 0) is 6.42 Å². The summed E-state index contributed by atoms with van der Waals surface area (Å²) in [5, 5.41) is 0.624. The molecule has 1 atom stereocenters. The summed E-state index contributed by atoms with van der Waals surface area (Å²) in [7, 11) is 0. The van der Waals surface area contributed by atoms with Gasteiger partial charge in [-0.1, -0.05) is 17.7 Å². The van der Waals surface area contributed by atoms with Gasteiger partial charge in [0.15, 0.2) is 0 Å². The van der Waals surface area contributed by atoms with E-state index in [1.165, 1.54) is 5.56 Å². The highest BCUT2D eigenvalue weighted by atomic mass is 35.5. The van der Waals surface area contributed by atoms with Gasteiger partial charge in [-0.05, 0) is 30.5 Å². The highest BCUT2D eigenvalue weighted by molar-refractivity contribution is 6.30. The molecule has 3 rings (SSSR count). The summed E-state index contributed by atoms with van der Waals surface area (Å²) in [6, 6.07) is 6.00. The van der Waals surface area contributed by atoms with Crippen molar-refractivity contribution in [2.75, 3.05) is 5.73 Å². The summed E-state index contributed by atoms with van der Waals surface area (Å²) >= 11 is 5.98. The molecule has 0 spiro atoms. The van der Waals surface area contributed by atoms with Crippen molar-refractivity contribution in [2.24, 2.45) is 0 Å². The van der Waals surface area contributed by atoms with E-state index in [9.17, 15) is 0 Å². The molecule has 4 heteroatoms. The SMILES string of the molecule is Nc1ncc(Cl)cc1C1CCc2cccnc21. The average molecular weight is 246 g/mol. The lowest BCUT2D eigenvalue weighted by Crippen LogP contribution is -2.04. The second-order valence-corrected chi connectivity index (χ2v) is 4.70. The number of halogens is 1. The smallest absolute Gasteiger partial charge is 0.127 e. The predicted octanol–water partition coefficient (Wildman–Crippen LogP) is 2.79. The number of anilines is 1. The molecule has 0 amide bonds. The first-order valence-corrected chi connectivity index (χ1v) is 5.98. The highest BCUT2D eigenvalue weighted by Gasteiger charge is 2.27. The molecule has 86 valence electrons. The van der Waals surface area contributed by atoms with Gasteiger partial charge in [0.1, 0.15) is 5.82 Å². The van der Waals surface area contributed by atoms with Crippen molar-refractivity contribution in [3.8, 4) is 0 Å². The van der Waals surface area contributed by atoms with E-state index in [0.717, 1.165) is 24.1 Å². The Hall–Kier alpha value is -1.61. The van der Waals surface area contributed by atoms with Crippen molar-refractivity contribution in [3.63, 3.8) is 0 Å². The Kier molecular flexibility index (Phi) is 2.48. The van der Waals surface area contributed by atoms with Crippen LogP contribution in [0.5, 0.6) is 0 Å². The zero-order valence-corrected chi connectivity index (χ0v) is 9.98. The Labute approximate surface area is 105 Å². The molecule has 2 aromatic rings. The van der Waals surface area contributed by atoms with Gasteiger partial charge in [-0.25, -0.2) is 4.98 Å². The summed E-state index contributed by atoms with van der Waals surface area (Å²) in [6.07, 6.45) is 5.47. The van der Waals surface area contributed by atoms with Crippen molar-refractivity contribution < 1.29 is 0 Å². The molecule has 2 aromatic heterocycles. The third-order valence-corrected chi connectivity index (χ3v) is 3.46. The van der Waals surface area contributed by atoms with E-state index in [-0.39, 0.29) is 5.92 Å². The zero-order valence-electron chi connectivity index (χ0n) is 9.23. The van der Waals surface area contributed by atoms with Gasteiger partial charge in [0.2, 0.25) is 0 Å². The lowest BCUT2D eigenvalue weighted by molar-refractivity contribution is 0.771. The molecule has 1 aliphatic carbocycles. The topological polar surface area (TPSA) is 51.8 Å². The quantitative estimate of drug-likeness (QED) is 0.841. The van der Waals surface area contributed by atoms with Crippen LogP contribution in [0.3, 0.4) is 0 Å². The van der Waals surface area contributed by atoms with Crippen LogP contribution in [0, 0.1) is 0 Å². The third kappa shape index (κ3) is 1.76. The van der Waals surface area contributed by atoms with Gasteiger partial charge in [0, 0.05) is 23.9 Å². The number of hydrogen-bond acceptors (Lipinski definition) is 3. The van der Waals surface area contributed by atoms with Gasteiger partial charge in [0.05, 0.1) is 10.7 Å². The number of nitrogen functional groups attached to an aromatic ring is 1. The van der Waals surface area contributed by atoms with Crippen LogP contribution in [0.1, 0.15) is 29.2 Å². The minimum Gasteiger partial charge on any atom is -0.383 e. The van der Waals surface area contributed by atoms with Crippen LogP contribution in [0.25, 0.3) is 0 Å². The molecule has 0 radical (unpaired) electrons. The largest absolute Gasteiger partial charge is 0.383 e. The molecule has 0 fully saturated rings. The van der Waals surface area contributed by atoms with E-state index in [2.05, 4.69) is 16.0 Å². The number of nitrogens with zero attached hydrogens (tertiary/aromatic N) is 2. The Morgan fingerprint density at radius 3 is 3.12 bits per heavy atom. The Balaban J connectivity index is 2.10. The van der Waals surface area contributed by atoms with Gasteiger partial charge in [-0.15, -0.1) is 0 Å². The van der Waals surface area contributed by atoms with Gasteiger partial charge in [0.25, 0.3) is 0 Å². The molecular weight excluding hydrogens is 234 g/mol. The van der Waals surface area contributed by atoms with E-state index in [4.69, 9.17) is 17.3 Å². The van der Waals surface area contributed by atoms with Crippen molar-refractivity contribution in [1.29, 1.82) is 0 Å². The average Bonchev–Trinajstić information content (AvgIpc) is 2.76. The number of nitrogens with two attached hydrogens (primary N) is 1.